The lowest BCUT2D eigenvalue weighted by molar-refractivity contribution is -0.139. The molecule has 0 aliphatic carbocycles. The standard InChI is InChI=1S/C27H27ClF3NO2/c1-4-32(23-11-9-22(28)10-12-23)24-15-19(18-5-7-21(8-6-18)27(29,30)31)14-20(16-24)25(26(33)34)13-17(2)3/h5-12,14-17,25H,4,13H2,1-3H3,(H,33,34). The second-order valence-corrected chi connectivity index (χ2v) is 9.07. The predicted octanol–water partition coefficient (Wildman–Crippen LogP) is 8.40. The summed E-state index contributed by atoms with van der Waals surface area (Å²) in [5.74, 6) is -1.52. The summed E-state index contributed by atoms with van der Waals surface area (Å²) >= 11 is 6.04. The molecule has 0 saturated carbocycles. The van der Waals surface area contributed by atoms with Crippen LogP contribution in [0.4, 0.5) is 24.5 Å². The highest BCUT2D eigenvalue weighted by Gasteiger charge is 2.30. The van der Waals surface area contributed by atoms with Crippen molar-refractivity contribution >= 4 is 28.9 Å². The number of halogens is 4. The van der Waals surface area contributed by atoms with E-state index in [2.05, 4.69) is 0 Å². The van der Waals surface area contributed by atoms with Gasteiger partial charge < -0.3 is 10.0 Å². The van der Waals surface area contributed by atoms with Crippen molar-refractivity contribution in [1.29, 1.82) is 0 Å². The number of benzene rings is 3. The Morgan fingerprint density at radius 1 is 0.941 bits per heavy atom. The van der Waals surface area contributed by atoms with Gasteiger partial charge in [-0.15, -0.1) is 0 Å². The van der Waals surface area contributed by atoms with Gasteiger partial charge in [-0.25, -0.2) is 0 Å². The SMILES string of the molecule is CCN(c1ccc(Cl)cc1)c1cc(-c2ccc(C(F)(F)F)cc2)cc(C(CC(C)C)C(=O)O)c1. The number of hydrogen-bond acceptors (Lipinski definition) is 2. The van der Waals surface area contributed by atoms with Gasteiger partial charge >= 0.3 is 12.1 Å². The molecule has 0 bridgehead atoms. The minimum absolute atomic E-state index is 0.151. The molecular formula is C27H27ClF3NO2. The molecule has 3 aromatic carbocycles. The van der Waals surface area contributed by atoms with E-state index in [1.165, 1.54) is 12.1 Å². The van der Waals surface area contributed by atoms with E-state index in [1.807, 2.05) is 49.9 Å². The molecule has 1 N–H and O–H groups in total. The minimum Gasteiger partial charge on any atom is -0.481 e. The fourth-order valence-electron chi connectivity index (χ4n) is 4.00. The Morgan fingerprint density at radius 2 is 1.56 bits per heavy atom. The molecule has 3 nitrogen and oxygen atoms in total. The zero-order valence-corrected chi connectivity index (χ0v) is 20.0. The van der Waals surface area contributed by atoms with Gasteiger partial charge in [0.25, 0.3) is 0 Å². The van der Waals surface area contributed by atoms with Crippen molar-refractivity contribution in [3.05, 3.63) is 82.9 Å². The van der Waals surface area contributed by atoms with Crippen molar-refractivity contribution in [2.75, 3.05) is 11.4 Å². The molecular weight excluding hydrogens is 463 g/mol. The summed E-state index contributed by atoms with van der Waals surface area (Å²) in [6.07, 6.45) is -3.98. The van der Waals surface area contributed by atoms with E-state index in [0.29, 0.717) is 34.7 Å². The molecule has 0 aromatic heterocycles. The third-order valence-electron chi connectivity index (χ3n) is 5.66. The maximum absolute atomic E-state index is 13.1. The Bertz CT molecular complexity index is 1130. The van der Waals surface area contributed by atoms with Crippen LogP contribution in [0.1, 0.15) is 44.2 Å². The zero-order valence-electron chi connectivity index (χ0n) is 19.2. The Kier molecular flexibility index (Phi) is 7.93. The van der Waals surface area contributed by atoms with Gasteiger partial charge in [0.1, 0.15) is 0 Å². The summed E-state index contributed by atoms with van der Waals surface area (Å²) in [6.45, 7) is 6.49. The van der Waals surface area contributed by atoms with Gasteiger partial charge in [-0.1, -0.05) is 43.6 Å². The van der Waals surface area contributed by atoms with E-state index in [-0.39, 0.29) is 5.92 Å². The van der Waals surface area contributed by atoms with Crippen LogP contribution >= 0.6 is 11.6 Å². The molecule has 1 atom stereocenters. The van der Waals surface area contributed by atoms with Gasteiger partial charge in [-0.3, -0.25) is 4.79 Å². The summed E-state index contributed by atoms with van der Waals surface area (Å²) in [6, 6.07) is 17.7. The third-order valence-corrected chi connectivity index (χ3v) is 5.91. The number of rotatable bonds is 8. The second kappa shape index (κ2) is 10.5. The number of carboxylic acid groups (broad SMARTS) is 1. The van der Waals surface area contributed by atoms with Gasteiger partial charge in [0.05, 0.1) is 11.5 Å². The van der Waals surface area contributed by atoms with Gasteiger partial charge in [0.2, 0.25) is 0 Å². The highest BCUT2D eigenvalue weighted by Crippen LogP contribution is 2.37. The molecule has 180 valence electrons. The summed E-state index contributed by atoms with van der Waals surface area (Å²) < 4.78 is 39.2. The van der Waals surface area contributed by atoms with Crippen LogP contribution in [0.25, 0.3) is 11.1 Å². The van der Waals surface area contributed by atoms with Crippen molar-refractivity contribution in [3.63, 3.8) is 0 Å². The predicted molar refractivity (Wildman–Crippen MR) is 131 cm³/mol. The van der Waals surface area contributed by atoms with Crippen LogP contribution in [-0.4, -0.2) is 17.6 Å². The maximum atomic E-state index is 13.1. The second-order valence-electron chi connectivity index (χ2n) is 8.63. The van der Waals surface area contributed by atoms with E-state index >= 15 is 0 Å². The molecule has 0 aliphatic rings. The number of hydrogen-bond donors (Lipinski definition) is 1. The molecule has 1 unspecified atom stereocenters. The first-order chi connectivity index (χ1) is 16.0. The maximum Gasteiger partial charge on any atom is 0.416 e. The number of carboxylic acids is 1. The Morgan fingerprint density at radius 3 is 2.06 bits per heavy atom. The van der Waals surface area contributed by atoms with E-state index in [4.69, 9.17) is 11.6 Å². The average molecular weight is 490 g/mol. The van der Waals surface area contributed by atoms with Crippen molar-refractivity contribution in [2.24, 2.45) is 5.92 Å². The number of anilines is 2. The molecule has 0 aliphatic heterocycles. The molecule has 0 radical (unpaired) electrons. The topological polar surface area (TPSA) is 40.5 Å². The highest BCUT2D eigenvalue weighted by atomic mass is 35.5. The summed E-state index contributed by atoms with van der Waals surface area (Å²) in [5, 5.41) is 10.5. The molecule has 0 saturated heterocycles. The van der Waals surface area contributed by atoms with Crippen molar-refractivity contribution < 1.29 is 23.1 Å². The lowest BCUT2D eigenvalue weighted by Crippen LogP contribution is -2.18. The van der Waals surface area contributed by atoms with Crippen LogP contribution in [0.5, 0.6) is 0 Å². The first-order valence-electron chi connectivity index (χ1n) is 11.1. The van der Waals surface area contributed by atoms with Gasteiger partial charge in [0.15, 0.2) is 0 Å². The van der Waals surface area contributed by atoms with E-state index in [1.54, 1.807) is 18.2 Å². The van der Waals surface area contributed by atoms with Crippen molar-refractivity contribution in [3.8, 4) is 11.1 Å². The minimum atomic E-state index is -4.43. The Balaban J connectivity index is 2.16. The molecule has 3 rings (SSSR count). The van der Waals surface area contributed by atoms with E-state index < -0.39 is 23.6 Å². The first kappa shape index (κ1) is 25.6. The summed E-state index contributed by atoms with van der Waals surface area (Å²) in [4.78, 5) is 14.2. The Labute approximate surface area is 202 Å². The van der Waals surface area contributed by atoms with Crippen molar-refractivity contribution in [1.82, 2.24) is 0 Å². The molecule has 34 heavy (non-hydrogen) atoms. The monoisotopic (exact) mass is 489 g/mol. The number of alkyl halides is 3. The Hall–Kier alpha value is -2.99. The zero-order chi connectivity index (χ0) is 25.0. The smallest absolute Gasteiger partial charge is 0.416 e. The molecule has 0 amide bonds. The van der Waals surface area contributed by atoms with E-state index in [0.717, 1.165) is 23.5 Å². The first-order valence-corrected chi connectivity index (χ1v) is 11.5. The summed E-state index contributed by atoms with van der Waals surface area (Å²) in [5.41, 5.74) is 2.75. The van der Waals surface area contributed by atoms with Crippen LogP contribution in [0.3, 0.4) is 0 Å². The van der Waals surface area contributed by atoms with Gasteiger partial charge in [-0.2, -0.15) is 13.2 Å². The largest absolute Gasteiger partial charge is 0.481 e. The van der Waals surface area contributed by atoms with Crippen molar-refractivity contribution in [2.45, 2.75) is 39.3 Å². The lowest BCUT2D eigenvalue weighted by atomic mass is 9.88. The van der Waals surface area contributed by atoms with Crippen LogP contribution < -0.4 is 4.90 Å². The normalized spacial score (nSPS) is 12.6. The molecule has 0 heterocycles. The fraction of sp³-hybridized carbons (Fsp3) is 0.296. The highest BCUT2D eigenvalue weighted by molar-refractivity contribution is 6.30. The van der Waals surface area contributed by atoms with Crippen LogP contribution in [0.15, 0.2) is 66.7 Å². The van der Waals surface area contributed by atoms with E-state index in [9.17, 15) is 23.1 Å². The quantitative estimate of drug-likeness (QED) is 0.345. The van der Waals surface area contributed by atoms with Crippen LogP contribution in [0, 0.1) is 5.92 Å². The number of aliphatic carboxylic acids is 1. The average Bonchev–Trinajstić information content (AvgIpc) is 2.78. The molecule has 7 heteroatoms. The number of carbonyl (C=O) groups is 1. The van der Waals surface area contributed by atoms with Gasteiger partial charge in [0, 0.05) is 22.9 Å². The molecule has 3 aromatic rings. The van der Waals surface area contributed by atoms with Gasteiger partial charge in [-0.05, 0) is 84.5 Å². The van der Waals surface area contributed by atoms with Crippen LogP contribution in [-0.2, 0) is 11.0 Å². The third kappa shape index (κ3) is 6.11. The number of nitrogens with zero attached hydrogens (tertiary/aromatic N) is 1. The lowest BCUT2D eigenvalue weighted by Gasteiger charge is -2.26. The summed E-state index contributed by atoms with van der Waals surface area (Å²) in [7, 11) is 0. The molecule has 0 fully saturated rings. The van der Waals surface area contributed by atoms with Crippen LogP contribution in [0.2, 0.25) is 5.02 Å². The fourth-order valence-corrected chi connectivity index (χ4v) is 4.12. The molecule has 0 spiro atoms.